The van der Waals surface area contributed by atoms with Gasteiger partial charge in [-0.3, -0.25) is 0 Å². The number of thioether (sulfide) groups is 2. The Morgan fingerprint density at radius 3 is 2.09 bits per heavy atom. The highest BCUT2D eigenvalue weighted by atomic mass is 32.2. The Balaban J connectivity index is 1.92. The zero-order chi connectivity index (χ0) is 42.5. The minimum atomic E-state index is -3.44. The summed E-state index contributed by atoms with van der Waals surface area (Å²) in [5, 5.41) is 28.7. The van der Waals surface area contributed by atoms with Crippen LogP contribution in [0.4, 0.5) is 11.4 Å². The Bertz CT molecular complexity index is 1410. The largest absolute Gasteiger partial charge is 0.507 e. The second kappa shape index (κ2) is 27.2. The average molecular weight is 905 g/mol. The molecule has 0 aromatic heterocycles. The van der Waals surface area contributed by atoms with Crippen LogP contribution in [0.3, 0.4) is 0 Å². The first-order valence-corrected chi connectivity index (χ1v) is 30.9. The molecule has 0 aliphatic carbocycles. The van der Waals surface area contributed by atoms with Gasteiger partial charge < -0.3 is 63.3 Å². The summed E-state index contributed by atoms with van der Waals surface area (Å²) in [6.07, 6.45) is 4.30. The van der Waals surface area contributed by atoms with Crippen molar-refractivity contribution in [3.8, 4) is 0 Å². The predicted octanol–water partition coefficient (Wildman–Crippen LogP) is 4.80. The van der Waals surface area contributed by atoms with E-state index in [1.807, 2.05) is 76.7 Å². The van der Waals surface area contributed by atoms with Crippen molar-refractivity contribution in [3.63, 3.8) is 0 Å². The molecule has 0 amide bonds. The van der Waals surface area contributed by atoms with Gasteiger partial charge in [0.2, 0.25) is 9.76 Å². The maximum Gasteiger partial charge on any atom is 0.507 e. The summed E-state index contributed by atoms with van der Waals surface area (Å²) in [4.78, 5) is 2.15. The third-order valence-corrected chi connectivity index (χ3v) is 22.5. The second-order valence-corrected chi connectivity index (χ2v) is 29.2. The first-order chi connectivity index (χ1) is 27.0. The highest BCUT2D eigenvalue weighted by Crippen LogP contribution is 2.38. The van der Waals surface area contributed by atoms with Crippen molar-refractivity contribution in [2.24, 2.45) is 5.73 Å². The number of nitrogen functional groups attached to an aromatic ring is 1. The molecule has 0 aliphatic heterocycles. The third kappa shape index (κ3) is 20.1. The van der Waals surface area contributed by atoms with E-state index in [-0.39, 0.29) is 35.1 Å². The number of nitrogens with one attached hydrogen (secondary N) is 2. The van der Waals surface area contributed by atoms with Crippen LogP contribution in [0.5, 0.6) is 0 Å². The van der Waals surface area contributed by atoms with E-state index in [1.54, 1.807) is 30.6 Å². The maximum atomic E-state index is 10.7. The fraction of sp³-hybridized carbons (Fsp3) is 0.684. The number of benzene rings is 2. The van der Waals surface area contributed by atoms with Crippen LogP contribution in [0.25, 0.3) is 0 Å². The Hall–Kier alpha value is -0.832. The number of ether oxygens (including phenoxy) is 3. The summed E-state index contributed by atoms with van der Waals surface area (Å²) in [6.45, 7) is 17.6. The van der Waals surface area contributed by atoms with E-state index < -0.39 is 37.9 Å². The quantitative estimate of drug-likeness (QED) is 0.0255. The van der Waals surface area contributed by atoms with Crippen LogP contribution >= 0.6 is 23.5 Å². The van der Waals surface area contributed by atoms with Gasteiger partial charge in [-0.1, -0.05) is 30.3 Å². The van der Waals surface area contributed by atoms with Gasteiger partial charge >= 0.3 is 17.4 Å². The van der Waals surface area contributed by atoms with Crippen molar-refractivity contribution in [3.05, 3.63) is 42.0 Å². The van der Waals surface area contributed by atoms with Crippen molar-refractivity contribution in [1.82, 2.24) is 5.32 Å². The van der Waals surface area contributed by atoms with E-state index in [1.165, 1.54) is 0 Å². The number of hydrogen-bond donors (Lipinski definition) is 6. The molecule has 19 heteroatoms. The Morgan fingerprint density at radius 1 is 0.842 bits per heavy atom. The molecule has 0 spiro atoms. The lowest BCUT2D eigenvalue weighted by Gasteiger charge is -2.41. The Labute approximate surface area is 357 Å². The lowest BCUT2D eigenvalue weighted by molar-refractivity contribution is 0.0330. The van der Waals surface area contributed by atoms with E-state index in [0.29, 0.717) is 39.5 Å². The van der Waals surface area contributed by atoms with Gasteiger partial charge in [-0.2, -0.15) is 0 Å². The molecule has 0 heterocycles. The van der Waals surface area contributed by atoms with Crippen LogP contribution in [0, 0.1) is 6.92 Å². The molecule has 8 N–H and O–H groups in total. The van der Waals surface area contributed by atoms with E-state index in [2.05, 4.69) is 29.8 Å². The third-order valence-electron chi connectivity index (χ3n) is 8.83. The number of rotatable bonds is 32. The van der Waals surface area contributed by atoms with Gasteiger partial charge in [-0.25, -0.2) is 0 Å². The minimum absolute atomic E-state index is 0.000798. The molecule has 13 nitrogen and oxygen atoms in total. The lowest BCUT2D eigenvalue weighted by atomic mass is 10.1. The molecule has 0 aliphatic rings. The van der Waals surface area contributed by atoms with Gasteiger partial charge in [-0.05, 0) is 96.0 Å². The molecule has 326 valence electrons. The molecule has 0 bridgehead atoms. The number of nitrogens with two attached hydrogens (primary N) is 2. The molecule has 2 rings (SSSR count). The first-order valence-electron chi connectivity index (χ1n) is 19.7. The minimum Gasteiger partial charge on any atom is -0.413 e. The molecule has 2 aromatic rings. The van der Waals surface area contributed by atoms with E-state index in [9.17, 15) is 10.2 Å². The summed E-state index contributed by atoms with van der Waals surface area (Å²) in [7, 11) is -6.64. The smallest absolute Gasteiger partial charge is 0.413 e. The van der Waals surface area contributed by atoms with Crippen LogP contribution in [0.15, 0.2) is 46.2 Å². The van der Waals surface area contributed by atoms with E-state index >= 15 is 0 Å². The molecular formula is C38H72N4O9S2Si4. The van der Waals surface area contributed by atoms with Crippen molar-refractivity contribution in [2.45, 2.75) is 106 Å². The number of anilines is 2. The van der Waals surface area contributed by atoms with Crippen LogP contribution < -0.4 is 27.3 Å². The van der Waals surface area contributed by atoms with Crippen LogP contribution in [0.1, 0.15) is 32.3 Å². The van der Waals surface area contributed by atoms with Crippen molar-refractivity contribution >= 4 is 75.5 Å². The van der Waals surface area contributed by atoms with Crippen molar-refractivity contribution in [1.29, 1.82) is 0 Å². The van der Waals surface area contributed by atoms with Gasteiger partial charge in [0.15, 0.2) is 8.32 Å². The first kappa shape index (κ1) is 52.3. The number of hydrogen-bond acceptors (Lipinski definition) is 15. The molecule has 0 saturated heterocycles. The standard InChI is InChI=1S/C38H72N4O9S2Si4/c1-29(39)25-48-26-30(2)41-23-32(43)27-46-18-14-20-54-49-57(51-56(9,10)45-4,34-16-12-11-13-17-34)50-55(7,8)21-15-19-47-28-33(44)24-42-38-31(3)37(40)35(52-5)22-36(38)53-6/h11-13,16-17,22,29-30,32-33,41-44H,14-15,18-21,23-28,39-40H2,1-10H3. The summed E-state index contributed by atoms with van der Waals surface area (Å²) < 4.78 is 44.0. The average Bonchev–Trinajstić information content (AvgIpc) is 3.16. The van der Waals surface area contributed by atoms with E-state index in [0.717, 1.165) is 56.8 Å². The number of aliphatic hydroxyl groups is 2. The highest BCUT2D eigenvalue weighted by molar-refractivity contribution is 7.99. The SMILES string of the molecule is CO[Si](C)(C)O[Si](O[Si]CCCOCC(O)CNC(C)COCC(C)N)(O[Si](C)(C)CCCOCC(O)CNc1c(SC)cc(SC)c(N)c1C)c1ccccc1. The summed E-state index contributed by atoms with van der Waals surface area (Å²) in [5.41, 5.74) is 14.8. The van der Waals surface area contributed by atoms with Crippen LogP contribution in [-0.2, 0) is 31.0 Å². The molecule has 0 saturated carbocycles. The normalized spacial score (nSPS) is 15.6. The van der Waals surface area contributed by atoms with E-state index in [4.69, 9.17) is 42.4 Å². The zero-order valence-corrected chi connectivity index (χ0v) is 41.6. The number of aliphatic hydroxyl groups excluding tert-OH is 2. The second-order valence-electron chi connectivity index (χ2n) is 15.3. The fourth-order valence-electron chi connectivity index (χ4n) is 5.58. The molecular weight excluding hydrogens is 833 g/mol. The molecule has 57 heavy (non-hydrogen) atoms. The Morgan fingerprint density at radius 2 is 1.47 bits per heavy atom. The van der Waals surface area contributed by atoms with Crippen molar-refractivity contribution in [2.75, 3.05) is 83.4 Å². The van der Waals surface area contributed by atoms with Gasteiger partial charge in [0, 0.05) is 60.5 Å². The highest BCUT2D eigenvalue weighted by Gasteiger charge is 2.52. The molecule has 0 fully saturated rings. The summed E-state index contributed by atoms with van der Waals surface area (Å²) in [5.74, 6) is 0. The summed E-state index contributed by atoms with van der Waals surface area (Å²) >= 11 is 3.29. The van der Waals surface area contributed by atoms with Crippen LogP contribution in [-0.4, -0.2) is 142 Å². The van der Waals surface area contributed by atoms with Crippen LogP contribution in [0.2, 0.25) is 38.3 Å². The van der Waals surface area contributed by atoms with Gasteiger partial charge in [0.1, 0.15) is 0 Å². The summed E-state index contributed by atoms with van der Waals surface area (Å²) in [6, 6.07) is 13.8. The monoisotopic (exact) mass is 904 g/mol. The predicted molar refractivity (Wildman–Crippen MR) is 245 cm³/mol. The van der Waals surface area contributed by atoms with Gasteiger partial charge in [-0.15, -0.1) is 23.5 Å². The maximum absolute atomic E-state index is 10.7. The lowest BCUT2D eigenvalue weighted by Crippen LogP contribution is -2.66. The zero-order valence-electron chi connectivity index (χ0n) is 36.0. The van der Waals surface area contributed by atoms with Gasteiger partial charge in [0.25, 0.3) is 0 Å². The molecule has 2 radical (unpaired) electrons. The van der Waals surface area contributed by atoms with Gasteiger partial charge in [0.05, 0.1) is 50.0 Å². The Kier molecular flexibility index (Phi) is 24.9. The fourth-order valence-corrected chi connectivity index (χ4v) is 19.3. The molecule has 5 atom stereocenters. The van der Waals surface area contributed by atoms with Crippen molar-refractivity contribution < 1.29 is 41.2 Å². The topological polar surface area (TPSA) is 181 Å². The molecule has 2 aromatic carbocycles. The molecule has 5 unspecified atom stereocenters.